The van der Waals surface area contributed by atoms with E-state index in [0.717, 1.165) is 30.6 Å². The van der Waals surface area contributed by atoms with Crippen molar-refractivity contribution in [1.82, 2.24) is 0 Å². The predicted octanol–water partition coefficient (Wildman–Crippen LogP) is 4.17. The van der Waals surface area contributed by atoms with E-state index in [1.807, 2.05) is 6.07 Å². The van der Waals surface area contributed by atoms with E-state index in [1.54, 1.807) is 13.0 Å². The molecule has 1 heterocycles. The molecule has 24 heavy (non-hydrogen) atoms. The summed E-state index contributed by atoms with van der Waals surface area (Å²) in [6, 6.07) is 6.71. The lowest BCUT2D eigenvalue weighted by molar-refractivity contribution is -0.206. The number of ether oxygens (including phenoxy) is 2. The van der Waals surface area contributed by atoms with E-state index in [-0.39, 0.29) is 5.82 Å². The second kappa shape index (κ2) is 8.59. The van der Waals surface area contributed by atoms with E-state index in [2.05, 4.69) is 0 Å². The first-order valence-electron chi connectivity index (χ1n) is 9.65. The van der Waals surface area contributed by atoms with E-state index in [9.17, 15) is 4.39 Å². The van der Waals surface area contributed by atoms with Crippen LogP contribution in [0.15, 0.2) is 18.2 Å². The van der Waals surface area contributed by atoms with Gasteiger partial charge in [-0.15, -0.1) is 0 Å². The highest BCUT2D eigenvalue weighted by Crippen LogP contribution is 2.35. The number of hydrogen-bond acceptors (Lipinski definition) is 2. The molecule has 2 fully saturated rings. The molecule has 2 aliphatic rings. The fourth-order valence-electron chi connectivity index (χ4n) is 4.06. The Hall–Kier alpha value is -0.713. The molecule has 1 aliphatic heterocycles. The van der Waals surface area contributed by atoms with Gasteiger partial charge in [0.2, 0.25) is 0 Å². The normalized spacial score (nSPS) is 31.2. The molecule has 1 saturated carbocycles. The average molecular weight is 351 g/mol. The van der Waals surface area contributed by atoms with Gasteiger partial charge in [0.1, 0.15) is 5.82 Å². The minimum atomic E-state index is -0.402. The van der Waals surface area contributed by atoms with Gasteiger partial charge in [0.25, 0.3) is 0 Å². The maximum Gasteiger partial charge on any atom is 0.183 e. The van der Waals surface area contributed by atoms with Crippen molar-refractivity contribution in [2.45, 2.75) is 57.8 Å². The van der Waals surface area contributed by atoms with Crippen LogP contribution >= 0.6 is 0 Å². The maximum atomic E-state index is 13.7. The quantitative estimate of drug-likeness (QED) is 0.742. The monoisotopic (exact) mass is 350 g/mol. The van der Waals surface area contributed by atoms with Gasteiger partial charge in [-0.1, -0.05) is 50.3 Å². The minimum absolute atomic E-state index is 0.188. The molecule has 1 aromatic rings. The van der Waals surface area contributed by atoms with Crippen LogP contribution in [0.2, 0.25) is 6.04 Å². The van der Waals surface area contributed by atoms with Crippen molar-refractivity contribution in [3.05, 3.63) is 35.1 Å². The topological polar surface area (TPSA) is 18.5 Å². The summed E-state index contributed by atoms with van der Waals surface area (Å²) >= 11 is 0. The van der Waals surface area contributed by atoms with Gasteiger partial charge in [0.05, 0.1) is 13.2 Å². The molecule has 0 bridgehead atoms. The molecule has 0 atom stereocenters. The number of rotatable bonds is 5. The van der Waals surface area contributed by atoms with Gasteiger partial charge < -0.3 is 9.47 Å². The Bertz CT molecular complexity index is 520. The van der Waals surface area contributed by atoms with E-state index in [4.69, 9.17) is 9.47 Å². The largest absolute Gasteiger partial charge is 0.348 e. The van der Waals surface area contributed by atoms with E-state index < -0.39 is 6.29 Å². The van der Waals surface area contributed by atoms with Gasteiger partial charge in [-0.05, 0) is 36.8 Å². The first-order chi connectivity index (χ1) is 11.7. The first-order valence-corrected chi connectivity index (χ1v) is 11.1. The van der Waals surface area contributed by atoms with Crippen molar-refractivity contribution in [3.63, 3.8) is 0 Å². The summed E-state index contributed by atoms with van der Waals surface area (Å²) in [5.41, 5.74) is 1.45. The Morgan fingerprint density at radius 1 is 1.00 bits per heavy atom. The van der Waals surface area contributed by atoms with Crippen molar-refractivity contribution in [1.29, 1.82) is 0 Å². The summed E-state index contributed by atoms with van der Waals surface area (Å²) in [5, 5.41) is 0. The molecular formula is C20H31FO2Si. The average Bonchev–Trinajstić information content (AvgIpc) is 2.63. The summed E-state index contributed by atoms with van der Waals surface area (Å²) in [7, 11) is 1.36. The van der Waals surface area contributed by atoms with Crippen molar-refractivity contribution in [3.8, 4) is 0 Å². The summed E-state index contributed by atoms with van der Waals surface area (Å²) < 4.78 is 25.4. The van der Waals surface area contributed by atoms with E-state index in [0.29, 0.717) is 11.5 Å². The fourth-order valence-corrected chi connectivity index (χ4v) is 4.87. The molecule has 134 valence electrons. The lowest BCUT2D eigenvalue weighted by Crippen LogP contribution is -2.28. The van der Waals surface area contributed by atoms with E-state index in [1.165, 1.54) is 60.9 Å². The third-order valence-corrected chi connectivity index (χ3v) is 7.12. The summed E-state index contributed by atoms with van der Waals surface area (Å²) in [6.45, 7) is 3.24. The zero-order chi connectivity index (χ0) is 16.9. The van der Waals surface area contributed by atoms with Crippen molar-refractivity contribution < 1.29 is 13.9 Å². The van der Waals surface area contributed by atoms with Gasteiger partial charge in [0.15, 0.2) is 6.29 Å². The highest BCUT2D eigenvalue weighted by atomic mass is 28.1. The Morgan fingerprint density at radius 3 is 2.25 bits per heavy atom. The Kier molecular flexibility index (Phi) is 6.47. The van der Waals surface area contributed by atoms with Crippen LogP contribution < -0.4 is 0 Å². The van der Waals surface area contributed by atoms with Gasteiger partial charge >= 0.3 is 0 Å². The molecular weight excluding hydrogens is 319 g/mol. The predicted molar refractivity (Wildman–Crippen MR) is 98.7 cm³/mol. The first kappa shape index (κ1) is 18.1. The molecule has 0 radical (unpaired) electrons. The zero-order valence-electron chi connectivity index (χ0n) is 15.1. The van der Waals surface area contributed by atoms with E-state index >= 15 is 0 Å². The molecule has 1 aliphatic carbocycles. The van der Waals surface area contributed by atoms with Gasteiger partial charge in [-0.2, -0.15) is 0 Å². The van der Waals surface area contributed by atoms with Crippen molar-refractivity contribution >= 4 is 10.2 Å². The lowest BCUT2D eigenvalue weighted by atomic mass is 9.80. The third-order valence-electron chi connectivity index (χ3n) is 5.96. The summed E-state index contributed by atoms with van der Waals surface area (Å²) in [6.07, 6.45) is 7.86. The number of hydrogen-bond donors (Lipinski definition) is 0. The molecule has 0 spiro atoms. The van der Waals surface area contributed by atoms with Crippen LogP contribution in [0.3, 0.4) is 0 Å². The number of aryl methyl sites for hydroxylation is 1. The minimum Gasteiger partial charge on any atom is -0.348 e. The highest BCUT2D eigenvalue weighted by molar-refractivity contribution is 6.08. The molecule has 0 unspecified atom stereocenters. The molecule has 4 heteroatoms. The van der Waals surface area contributed by atoms with Gasteiger partial charge in [-0.3, -0.25) is 0 Å². The second-order valence-corrected chi connectivity index (χ2v) is 8.56. The molecule has 3 rings (SSSR count). The maximum absolute atomic E-state index is 13.7. The Labute approximate surface area is 148 Å². The highest BCUT2D eigenvalue weighted by Gasteiger charge is 2.26. The molecule has 1 aromatic carbocycles. The standard InChI is InChI=1S/C20H31FO2Si/c1-14-2-9-18(10-19(14)21)20-22-11-17(12-23-20)8-5-15-3-6-16(13-24)7-4-15/h2,9-10,15-17,20H,3-8,11-13H2,1,24H3. The second-order valence-electron chi connectivity index (χ2n) is 7.75. The Balaban J connectivity index is 1.40. The number of benzene rings is 1. The fraction of sp³-hybridized carbons (Fsp3) is 0.700. The summed E-state index contributed by atoms with van der Waals surface area (Å²) in [5.74, 6) is 2.25. The molecule has 2 nitrogen and oxygen atoms in total. The smallest absolute Gasteiger partial charge is 0.183 e. The lowest BCUT2D eigenvalue weighted by Gasteiger charge is -2.32. The van der Waals surface area contributed by atoms with Crippen molar-refractivity contribution in [2.24, 2.45) is 17.8 Å². The van der Waals surface area contributed by atoms with Crippen LogP contribution in [0.25, 0.3) is 0 Å². The van der Waals surface area contributed by atoms with Gasteiger partial charge in [0, 0.05) is 21.7 Å². The zero-order valence-corrected chi connectivity index (χ0v) is 17.1. The van der Waals surface area contributed by atoms with Crippen LogP contribution in [0.5, 0.6) is 0 Å². The van der Waals surface area contributed by atoms with Crippen LogP contribution in [0.1, 0.15) is 55.9 Å². The Morgan fingerprint density at radius 2 is 1.62 bits per heavy atom. The van der Waals surface area contributed by atoms with Crippen LogP contribution in [-0.2, 0) is 9.47 Å². The molecule has 0 amide bonds. The van der Waals surface area contributed by atoms with Crippen LogP contribution in [0.4, 0.5) is 4.39 Å². The SMILES string of the molecule is Cc1ccc(C2OCC(CCC3CCC(C[SiH3])CC3)CO2)cc1F. The summed E-state index contributed by atoms with van der Waals surface area (Å²) in [4.78, 5) is 0. The van der Waals surface area contributed by atoms with Crippen LogP contribution in [0, 0.1) is 30.5 Å². The number of halogens is 1. The molecule has 0 aromatic heterocycles. The van der Waals surface area contributed by atoms with Crippen molar-refractivity contribution in [2.75, 3.05) is 13.2 Å². The molecule has 1 saturated heterocycles. The van der Waals surface area contributed by atoms with Crippen LogP contribution in [-0.4, -0.2) is 23.5 Å². The third kappa shape index (κ3) is 4.68. The van der Waals surface area contributed by atoms with Gasteiger partial charge in [-0.25, -0.2) is 4.39 Å². The molecule has 0 N–H and O–H groups in total.